The van der Waals surface area contributed by atoms with E-state index in [1.165, 1.54) is 0 Å². The zero-order valence-electron chi connectivity index (χ0n) is 19.3. The molecular formula is C30H28O2S2. The quantitative estimate of drug-likeness (QED) is 0.206. The lowest BCUT2D eigenvalue weighted by Crippen LogP contribution is -2.07. The maximum absolute atomic E-state index is 13.6. The molecule has 0 fully saturated rings. The van der Waals surface area contributed by atoms with Crippen LogP contribution in [0.3, 0.4) is 0 Å². The van der Waals surface area contributed by atoms with Crippen molar-refractivity contribution in [3.05, 3.63) is 91.0 Å². The van der Waals surface area contributed by atoms with Crippen LogP contribution in [-0.2, 0) is 9.84 Å². The standard InChI is InChI=1S/C30H28O2S2/c1-2-3-4-9-20-34(31,32)29-21-28(26-18-10-14-22-12-5-7-16-24(22)26)33-30(29)27-19-11-15-23-13-6-8-17-25(23)27/h5-8,10-19,21H,2-4,9,20H2,1H3. The third-order valence-electron chi connectivity index (χ3n) is 6.39. The van der Waals surface area contributed by atoms with Gasteiger partial charge in [0, 0.05) is 10.4 Å². The molecule has 0 atom stereocenters. The van der Waals surface area contributed by atoms with Gasteiger partial charge in [-0.25, -0.2) is 8.42 Å². The second kappa shape index (κ2) is 9.73. The highest BCUT2D eigenvalue weighted by Crippen LogP contribution is 2.44. The summed E-state index contributed by atoms with van der Waals surface area (Å²) in [6.07, 6.45) is 3.80. The number of fused-ring (bicyclic) bond motifs is 2. The molecule has 34 heavy (non-hydrogen) atoms. The van der Waals surface area contributed by atoms with E-state index in [0.717, 1.165) is 61.7 Å². The molecule has 2 nitrogen and oxygen atoms in total. The van der Waals surface area contributed by atoms with Crippen molar-refractivity contribution < 1.29 is 8.42 Å². The van der Waals surface area contributed by atoms with E-state index in [0.29, 0.717) is 11.3 Å². The van der Waals surface area contributed by atoms with Crippen molar-refractivity contribution >= 4 is 42.7 Å². The van der Waals surface area contributed by atoms with Crippen molar-refractivity contribution in [3.63, 3.8) is 0 Å². The molecule has 0 bridgehead atoms. The molecule has 1 heterocycles. The normalized spacial score (nSPS) is 11.9. The Kier molecular flexibility index (Phi) is 6.53. The first-order valence-electron chi connectivity index (χ1n) is 11.9. The predicted molar refractivity (Wildman–Crippen MR) is 146 cm³/mol. The van der Waals surface area contributed by atoms with Crippen LogP contribution in [0, 0.1) is 0 Å². The summed E-state index contributed by atoms with van der Waals surface area (Å²) in [4.78, 5) is 2.30. The van der Waals surface area contributed by atoms with Crippen molar-refractivity contribution in [1.29, 1.82) is 0 Å². The molecule has 0 N–H and O–H groups in total. The van der Waals surface area contributed by atoms with Crippen LogP contribution in [0.5, 0.6) is 0 Å². The van der Waals surface area contributed by atoms with Crippen LogP contribution in [0.4, 0.5) is 0 Å². The van der Waals surface area contributed by atoms with E-state index in [1.54, 1.807) is 11.3 Å². The molecule has 0 unspecified atom stereocenters. The summed E-state index contributed by atoms with van der Waals surface area (Å²) >= 11 is 1.59. The summed E-state index contributed by atoms with van der Waals surface area (Å²) in [6.45, 7) is 2.14. The third-order valence-corrected chi connectivity index (χ3v) is 9.54. The van der Waals surface area contributed by atoms with Gasteiger partial charge in [-0.2, -0.15) is 0 Å². The van der Waals surface area contributed by atoms with Crippen LogP contribution in [0.25, 0.3) is 42.4 Å². The van der Waals surface area contributed by atoms with Gasteiger partial charge in [0.05, 0.1) is 15.5 Å². The Bertz CT molecular complexity index is 1550. The minimum Gasteiger partial charge on any atom is -0.224 e. The topological polar surface area (TPSA) is 34.1 Å². The molecule has 0 spiro atoms. The number of hydrogen-bond donors (Lipinski definition) is 0. The van der Waals surface area contributed by atoms with Crippen LogP contribution in [0.2, 0.25) is 0 Å². The van der Waals surface area contributed by atoms with Gasteiger partial charge < -0.3 is 0 Å². The van der Waals surface area contributed by atoms with Crippen LogP contribution in [-0.4, -0.2) is 14.2 Å². The molecule has 0 amide bonds. The van der Waals surface area contributed by atoms with Crippen molar-refractivity contribution in [3.8, 4) is 20.9 Å². The molecule has 4 heteroatoms. The maximum atomic E-state index is 13.6. The highest BCUT2D eigenvalue weighted by molar-refractivity contribution is 7.91. The molecule has 1 aromatic heterocycles. The highest BCUT2D eigenvalue weighted by Gasteiger charge is 2.25. The maximum Gasteiger partial charge on any atom is 0.179 e. The SMILES string of the molecule is CCCCCCS(=O)(=O)c1cc(-c2cccc3ccccc23)sc1-c1cccc2ccccc12. The zero-order chi connectivity index (χ0) is 23.5. The lowest BCUT2D eigenvalue weighted by molar-refractivity contribution is 0.589. The zero-order valence-corrected chi connectivity index (χ0v) is 21.0. The molecule has 172 valence electrons. The van der Waals surface area contributed by atoms with E-state index in [4.69, 9.17) is 0 Å². The molecule has 0 radical (unpaired) electrons. The summed E-state index contributed by atoms with van der Waals surface area (Å²) < 4.78 is 27.3. The number of hydrogen-bond acceptors (Lipinski definition) is 3. The fraction of sp³-hybridized carbons (Fsp3) is 0.200. The van der Waals surface area contributed by atoms with E-state index in [2.05, 4.69) is 55.5 Å². The Morgan fingerprint density at radius 1 is 0.676 bits per heavy atom. The molecule has 4 aromatic carbocycles. The third kappa shape index (κ3) is 4.40. The van der Waals surface area contributed by atoms with E-state index in [-0.39, 0.29) is 5.75 Å². The predicted octanol–water partition coefficient (Wildman–Crippen LogP) is 8.74. The minimum atomic E-state index is -3.42. The molecule has 0 saturated carbocycles. The van der Waals surface area contributed by atoms with Crippen LogP contribution < -0.4 is 0 Å². The van der Waals surface area contributed by atoms with E-state index >= 15 is 0 Å². The molecule has 5 aromatic rings. The van der Waals surface area contributed by atoms with E-state index in [1.807, 2.05) is 42.5 Å². The first-order valence-corrected chi connectivity index (χ1v) is 14.4. The largest absolute Gasteiger partial charge is 0.224 e. The Balaban J connectivity index is 1.70. The number of sulfone groups is 1. The Labute approximate surface area is 205 Å². The fourth-order valence-electron chi connectivity index (χ4n) is 4.62. The Morgan fingerprint density at radius 3 is 1.94 bits per heavy atom. The lowest BCUT2D eigenvalue weighted by atomic mass is 10.0. The number of benzene rings is 4. The van der Waals surface area contributed by atoms with Gasteiger partial charge in [0.25, 0.3) is 0 Å². The van der Waals surface area contributed by atoms with E-state index < -0.39 is 9.84 Å². The van der Waals surface area contributed by atoms with Crippen LogP contribution in [0.1, 0.15) is 32.6 Å². The Morgan fingerprint density at radius 2 is 1.26 bits per heavy atom. The van der Waals surface area contributed by atoms with Gasteiger partial charge >= 0.3 is 0 Å². The van der Waals surface area contributed by atoms with Crippen molar-refractivity contribution in [2.24, 2.45) is 0 Å². The van der Waals surface area contributed by atoms with Gasteiger partial charge in [-0.3, -0.25) is 0 Å². The molecule has 5 rings (SSSR count). The van der Waals surface area contributed by atoms with E-state index in [9.17, 15) is 8.42 Å². The second-order valence-electron chi connectivity index (χ2n) is 8.74. The average molecular weight is 485 g/mol. The molecule has 0 aliphatic heterocycles. The summed E-state index contributed by atoms with van der Waals surface area (Å²) in [7, 11) is -3.42. The van der Waals surface area contributed by atoms with Crippen LogP contribution in [0.15, 0.2) is 95.9 Å². The smallest absolute Gasteiger partial charge is 0.179 e. The molecule has 0 aliphatic carbocycles. The minimum absolute atomic E-state index is 0.191. The monoisotopic (exact) mass is 484 g/mol. The second-order valence-corrected chi connectivity index (χ2v) is 11.9. The number of unbranched alkanes of at least 4 members (excludes halogenated alkanes) is 3. The van der Waals surface area contributed by atoms with Gasteiger partial charge in [0.2, 0.25) is 0 Å². The summed E-state index contributed by atoms with van der Waals surface area (Å²) in [6, 6.07) is 30.8. The van der Waals surface area contributed by atoms with Gasteiger partial charge in [0.1, 0.15) is 0 Å². The average Bonchev–Trinajstić information content (AvgIpc) is 3.32. The number of rotatable bonds is 8. The fourth-order valence-corrected chi connectivity index (χ4v) is 7.82. The highest BCUT2D eigenvalue weighted by atomic mass is 32.2. The summed E-state index contributed by atoms with van der Waals surface area (Å²) in [5, 5.41) is 4.50. The van der Waals surface area contributed by atoms with Gasteiger partial charge in [-0.1, -0.05) is 111 Å². The first kappa shape index (κ1) is 22.8. The lowest BCUT2D eigenvalue weighted by Gasteiger charge is -2.09. The first-order chi connectivity index (χ1) is 16.6. The number of thiophene rings is 1. The van der Waals surface area contributed by atoms with Crippen molar-refractivity contribution in [2.75, 3.05) is 5.75 Å². The Hall–Kier alpha value is -2.95. The van der Waals surface area contributed by atoms with Gasteiger partial charge in [0.15, 0.2) is 9.84 Å². The molecule has 0 aliphatic rings. The van der Waals surface area contributed by atoms with Gasteiger partial charge in [-0.15, -0.1) is 11.3 Å². The van der Waals surface area contributed by atoms with Crippen molar-refractivity contribution in [2.45, 2.75) is 37.5 Å². The van der Waals surface area contributed by atoms with Crippen molar-refractivity contribution in [1.82, 2.24) is 0 Å². The summed E-state index contributed by atoms with van der Waals surface area (Å²) in [5.74, 6) is 0.191. The van der Waals surface area contributed by atoms with Gasteiger partial charge in [-0.05, 0) is 39.6 Å². The molecule has 0 saturated heterocycles. The summed E-state index contributed by atoms with van der Waals surface area (Å²) in [5.41, 5.74) is 2.07. The van der Waals surface area contributed by atoms with Crippen LogP contribution >= 0.6 is 11.3 Å². The molecular weight excluding hydrogens is 456 g/mol.